The zero-order valence-electron chi connectivity index (χ0n) is 18.4. The van der Waals surface area contributed by atoms with Crippen LogP contribution in [0.3, 0.4) is 0 Å². The normalized spacial score (nSPS) is 15.8. The predicted molar refractivity (Wildman–Crippen MR) is 120 cm³/mol. The Kier molecular flexibility index (Phi) is 6.95. The van der Waals surface area contributed by atoms with E-state index in [2.05, 4.69) is 10.6 Å². The van der Waals surface area contributed by atoms with Crippen molar-refractivity contribution in [3.05, 3.63) is 53.6 Å². The third-order valence-electron chi connectivity index (χ3n) is 5.16. The minimum atomic E-state index is -0.450. The summed E-state index contributed by atoms with van der Waals surface area (Å²) in [5.74, 6) is -0.183. The van der Waals surface area contributed by atoms with E-state index in [1.165, 1.54) is 0 Å². The second kappa shape index (κ2) is 9.64. The fourth-order valence-corrected chi connectivity index (χ4v) is 3.64. The first kappa shape index (κ1) is 22.3. The average molecular weight is 424 g/mol. The first-order valence-electron chi connectivity index (χ1n) is 10.4. The molecule has 3 amide bonds. The molecule has 1 saturated heterocycles. The average Bonchev–Trinajstić information content (AvgIpc) is 3.10. The predicted octanol–water partition coefficient (Wildman–Crippen LogP) is 3.06. The van der Waals surface area contributed by atoms with Crippen LogP contribution in [-0.4, -0.2) is 37.4 Å². The van der Waals surface area contributed by atoms with Gasteiger partial charge in [-0.2, -0.15) is 0 Å². The second-order valence-electron chi connectivity index (χ2n) is 8.17. The highest BCUT2D eigenvalue weighted by molar-refractivity contribution is 6.04. The first-order valence-corrected chi connectivity index (χ1v) is 10.4. The molecule has 0 aliphatic carbocycles. The highest BCUT2D eigenvalue weighted by Crippen LogP contribution is 2.34. The summed E-state index contributed by atoms with van der Waals surface area (Å²) >= 11 is 0. The van der Waals surface area contributed by atoms with Crippen molar-refractivity contribution >= 4 is 29.1 Å². The van der Waals surface area contributed by atoms with Crippen LogP contribution in [0, 0.1) is 12.8 Å². The number of aryl methyl sites for hydroxylation is 1. The summed E-state index contributed by atoms with van der Waals surface area (Å²) < 4.78 is 5.39. The van der Waals surface area contributed by atoms with Crippen LogP contribution in [0.4, 0.5) is 11.4 Å². The number of hydrogen-bond donors (Lipinski definition) is 2. The Morgan fingerprint density at radius 2 is 1.87 bits per heavy atom. The number of hydrogen-bond acceptors (Lipinski definition) is 4. The minimum Gasteiger partial charge on any atom is -0.495 e. The summed E-state index contributed by atoms with van der Waals surface area (Å²) in [6, 6.07) is 12.9. The topological polar surface area (TPSA) is 87.7 Å². The van der Waals surface area contributed by atoms with Gasteiger partial charge in [0.05, 0.1) is 25.1 Å². The third kappa shape index (κ3) is 5.63. The smallest absolute Gasteiger partial charge is 0.229 e. The van der Waals surface area contributed by atoms with Gasteiger partial charge in [-0.05, 0) is 56.2 Å². The van der Waals surface area contributed by atoms with E-state index in [1.54, 1.807) is 24.1 Å². The van der Waals surface area contributed by atoms with Crippen LogP contribution < -0.4 is 20.3 Å². The second-order valence-corrected chi connectivity index (χ2v) is 8.17. The molecule has 0 radical (unpaired) electrons. The molecule has 2 aromatic carbocycles. The Hall–Kier alpha value is -3.35. The van der Waals surface area contributed by atoms with Gasteiger partial charge < -0.3 is 20.3 Å². The van der Waals surface area contributed by atoms with Crippen molar-refractivity contribution in [1.82, 2.24) is 5.32 Å². The summed E-state index contributed by atoms with van der Waals surface area (Å²) in [4.78, 5) is 38.9. The zero-order valence-corrected chi connectivity index (χ0v) is 18.4. The fraction of sp³-hybridized carbons (Fsp3) is 0.375. The molecule has 1 unspecified atom stereocenters. The molecular weight excluding hydrogens is 394 g/mol. The largest absolute Gasteiger partial charge is 0.495 e. The number of carbonyl (C=O) groups is 3. The first-order chi connectivity index (χ1) is 14.8. The van der Waals surface area contributed by atoms with Gasteiger partial charge in [0.25, 0.3) is 0 Å². The highest BCUT2D eigenvalue weighted by atomic mass is 16.5. The lowest BCUT2D eigenvalue weighted by atomic mass is 10.1. The minimum absolute atomic E-state index is 0.0390. The van der Waals surface area contributed by atoms with E-state index in [-0.39, 0.29) is 36.6 Å². The maximum atomic E-state index is 12.8. The number of methoxy groups -OCH3 is 1. The van der Waals surface area contributed by atoms with Gasteiger partial charge >= 0.3 is 0 Å². The Labute approximate surface area is 182 Å². The van der Waals surface area contributed by atoms with E-state index in [9.17, 15) is 14.4 Å². The molecule has 31 heavy (non-hydrogen) atoms. The van der Waals surface area contributed by atoms with Crippen LogP contribution in [0.1, 0.15) is 31.4 Å². The highest BCUT2D eigenvalue weighted by Gasteiger charge is 2.36. The third-order valence-corrected chi connectivity index (χ3v) is 5.16. The van der Waals surface area contributed by atoms with E-state index in [0.717, 1.165) is 11.1 Å². The Morgan fingerprint density at radius 1 is 1.16 bits per heavy atom. The number of nitrogens with one attached hydrogen (secondary N) is 2. The van der Waals surface area contributed by atoms with Crippen LogP contribution >= 0.6 is 0 Å². The van der Waals surface area contributed by atoms with Gasteiger partial charge in [0.15, 0.2) is 0 Å². The van der Waals surface area contributed by atoms with Crippen LogP contribution in [0.5, 0.6) is 5.75 Å². The summed E-state index contributed by atoms with van der Waals surface area (Å²) in [5.41, 5.74) is 3.20. The maximum absolute atomic E-state index is 12.8. The molecule has 1 heterocycles. The SMILES string of the molecule is COc1ccc(C)cc1N1CC(C(=O)Nc2ccc(CC(=O)NC(C)C)cc2)CC1=O. The van der Waals surface area contributed by atoms with Gasteiger partial charge in [-0.15, -0.1) is 0 Å². The monoisotopic (exact) mass is 423 g/mol. The Morgan fingerprint density at radius 3 is 2.52 bits per heavy atom. The molecule has 2 N–H and O–H groups in total. The van der Waals surface area contributed by atoms with Gasteiger partial charge in [0.2, 0.25) is 17.7 Å². The van der Waals surface area contributed by atoms with Gasteiger partial charge in [-0.3, -0.25) is 14.4 Å². The molecule has 1 atom stereocenters. The quantitative estimate of drug-likeness (QED) is 0.717. The lowest BCUT2D eigenvalue weighted by Gasteiger charge is -2.20. The van der Waals surface area contributed by atoms with E-state index >= 15 is 0 Å². The van der Waals surface area contributed by atoms with Crippen molar-refractivity contribution in [3.63, 3.8) is 0 Å². The molecule has 0 spiro atoms. The van der Waals surface area contributed by atoms with Crippen molar-refractivity contribution in [3.8, 4) is 5.75 Å². The number of benzene rings is 2. The van der Waals surface area contributed by atoms with Crippen molar-refractivity contribution < 1.29 is 19.1 Å². The number of nitrogens with zero attached hydrogens (tertiary/aromatic N) is 1. The van der Waals surface area contributed by atoms with Gasteiger partial charge in [0, 0.05) is 24.7 Å². The number of ether oxygens (including phenoxy) is 1. The molecule has 0 saturated carbocycles. The van der Waals surface area contributed by atoms with Crippen LogP contribution in [-0.2, 0) is 20.8 Å². The molecular formula is C24H29N3O4. The van der Waals surface area contributed by atoms with E-state index in [0.29, 0.717) is 23.7 Å². The Bertz CT molecular complexity index is 969. The number of anilines is 2. The van der Waals surface area contributed by atoms with E-state index < -0.39 is 5.92 Å². The van der Waals surface area contributed by atoms with Crippen molar-refractivity contribution in [2.45, 2.75) is 39.7 Å². The van der Waals surface area contributed by atoms with Gasteiger partial charge in [-0.25, -0.2) is 0 Å². The maximum Gasteiger partial charge on any atom is 0.229 e. The van der Waals surface area contributed by atoms with Crippen LogP contribution in [0.15, 0.2) is 42.5 Å². The molecule has 0 aromatic heterocycles. The number of carbonyl (C=O) groups excluding carboxylic acids is 3. The zero-order chi connectivity index (χ0) is 22.5. The van der Waals surface area contributed by atoms with Crippen LogP contribution in [0.2, 0.25) is 0 Å². The van der Waals surface area contributed by atoms with Crippen molar-refractivity contribution in [1.29, 1.82) is 0 Å². The summed E-state index contributed by atoms with van der Waals surface area (Å²) in [6.07, 6.45) is 0.438. The summed E-state index contributed by atoms with van der Waals surface area (Å²) in [7, 11) is 1.56. The molecule has 1 fully saturated rings. The van der Waals surface area contributed by atoms with E-state index in [4.69, 9.17) is 4.74 Å². The molecule has 1 aliphatic heterocycles. The van der Waals surface area contributed by atoms with Gasteiger partial charge in [0.1, 0.15) is 5.75 Å². The molecule has 1 aliphatic rings. The van der Waals surface area contributed by atoms with Crippen molar-refractivity contribution in [2.24, 2.45) is 5.92 Å². The lowest BCUT2D eigenvalue weighted by molar-refractivity contribution is -0.122. The molecule has 0 bridgehead atoms. The molecule has 164 valence electrons. The van der Waals surface area contributed by atoms with E-state index in [1.807, 2.05) is 51.1 Å². The molecule has 3 rings (SSSR count). The standard InChI is InChI=1S/C24H29N3O4/c1-15(2)25-22(28)12-17-6-8-19(9-7-17)26-24(30)18-13-23(29)27(14-18)20-11-16(3)5-10-21(20)31-4/h5-11,15,18H,12-14H2,1-4H3,(H,25,28)(H,26,30). The number of amides is 3. The fourth-order valence-electron chi connectivity index (χ4n) is 3.64. The molecule has 2 aromatic rings. The van der Waals surface area contributed by atoms with Gasteiger partial charge in [-0.1, -0.05) is 18.2 Å². The molecule has 7 nitrogen and oxygen atoms in total. The van der Waals surface area contributed by atoms with Crippen molar-refractivity contribution in [2.75, 3.05) is 23.9 Å². The summed E-state index contributed by atoms with van der Waals surface area (Å²) in [6.45, 7) is 6.09. The summed E-state index contributed by atoms with van der Waals surface area (Å²) in [5, 5.41) is 5.73. The molecule has 7 heteroatoms. The Balaban J connectivity index is 1.62. The number of rotatable bonds is 7. The van der Waals surface area contributed by atoms with Crippen LogP contribution in [0.25, 0.3) is 0 Å². The lowest BCUT2D eigenvalue weighted by Crippen LogP contribution is -2.31.